The summed E-state index contributed by atoms with van der Waals surface area (Å²) in [5.74, 6) is 2.00. The van der Waals surface area contributed by atoms with Gasteiger partial charge in [0.05, 0.1) is 0 Å². The molecule has 2 heteroatoms. The lowest BCUT2D eigenvalue weighted by molar-refractivity contribution is 0.228. The lowest BCUT2D eigenvalue weighted by atomic mass is 9.69. The predicted octanol–water partition coefficient (Wildman–Crippen LogP) is 4.26. The Bertz CT molecular complexity index is 416. The summed E-state index contributed by atoms with van der Waals surface area (Å²) >= 11 is 0. The minimum atomic E-state index is -0.116. The van der Waals surface area contributed by atoms with Crippen LogP contribution in [0.15, 0.2) is 18.2 Å². The molecule has 2 rings (SSSR count). The van der Waals surface area contributed by atoms with Crippen LogP contribution in [0.1, 0.15) is 49.7 Å². The van der Waals surface area contributed by atoms with Crippen molar-refractivity contribution >= 4 is 0 Å². The number of benzene rings is 1. The van der Waals surface area contributed by atoms with E-state index in [4.69, 9.17) is 0 Å². The Morgan fingerprint density at radius 3 is 2.74 bits per heavy atom. The van der Waals surface area contributed by atoms with Crippen molar-refractivity contribution in [2.75, 3.05) is 13.6 Å². The summed E-state index contributed by atoms with van der Waals surface area (Å²) < 4.78 is 13.3. The second kappa shape index (κ2) is 6.51. The lowest BCUT2D eigenvalue weighted by Gasteiger charge is -2.37. The second-order valence-corrected chi connectivity index (χ2v) is 6.01. The second-order valence-electron chi connectivity index (χ2n) is 6.01. The van der Waals surface area contributed by atoms with E-state index in [-0.39, 0.29) is 5.82 Å². The van der Waals surface area contributed by atoms with Crippen LogP contribution in [0.5, 0.6) is 0 Å². The molecule has 1 fully saturated rings. The number of nitrogens with one attached hydrogen (secondary N) is 1. The molecule has 3 atom stereocenters. The fraction of sp³-hybridized carbons (Fsp3) is 0.647. The van der Waals surface area contributed by atoms with Gasteiger partial charge in [0, 0.05) is 0 Å². The molecule has 0 amide bonds. The van der Waals surface area contributed by atoms with Gasteiger partial charge in [0.2, 0.25) is 0 Å². The molecular weight excluding hydrogens is 237 g/mol. The normalized spacial score (nSPS) is 27.5. The van der Waals surface area contributed by atoms with E-state index in [1.807, 2.05) is 20.0 Å². The maximum Gasteiger partial charge on any atom is 0.123 e. The molecule has 1 nitrogen and oxygen atoms in total. The molecule has 0 aromatic heterocycles. The highest BCUT2D eigenvalue weighted by Crippen LogP contribution is 2.42. The van der Waals surface area contributed by atoms with Crippen molar-refractivity contribution in [2.24, 2.45) is 11.8 Å². The van der Waals surface area contributed by atoms with Gasteiger partial charge in [0.1, 0.15) is 5.82 Å². The Morgan fingerprint density at radius 1 is 1.32 bits per heavy atom. The fourth-order valence-electron chi connectivity index (χ4n) is 3.63. The van der Waals surface area contributed by atoms with E-state index in [2.05, 4.69) is 12.2 Å². The number of hydrogen-bond donors (Lipinski definition) is 1. The highest BCUT2D eigenvalue weighted by Gasteiger charge is 2.31. The third-order valence-corrected chi connectivity index (χ3v) is 4.78. The van der Waals surface area contributed by atoms with E-state index in [0.29, 0.717) is 11.8 Å². The molecule has 0 aliphatic heterocycles. The van der Waals surface area contributed by atoms with E-state index in [1.54, 1.807) is 12.1 Å². The summed E-state index contributed by atoms with van der Waals surface area (Å²) in [5, 5.41) is 3.33. The molecule has 106 valence electrons. The van der Waals surface area contributed by atoms with Gasteiger partial charge in [-0.15, -0.1) is 0 Å². The number of aryl methyl sites for hydroxylation is 1. The average molecular weight is 263 g/mol. The maximum absolute atomic E-state index is 13.3. The zero-order valence-corrected chi connectivity index (χ0v) is 12.4. The van der Waals surface area contributed by atoms with Crippen molar-refractivity contribution < 1.29 is 4.39 Å². The van der Waals surface area contributed by atoms with Crippen LogP contribution >= 0.6 is 0 Å². The fourth-order valence-corrected chi connectivity index (χ4v) is 3.63. The maximum atomic E-state index is 13.3. The Hall–Kier alpha value is -0.890. The summed E-state index contributed by atoms with van der Waals surface area (Å²) in [6, 6.07) is 5.31. The number of rotatable bonds is 4. The summed E-state index contributed by atoms with van der Waals surface area (Å²) in [7, 11) is 2.03. The van der Waals surface area contributed by atoms with Crippen LogP contribution in [-0.2, 0) is 0 Å². The first-order valence-corrected chi connectivity index (χ1v) is 7.56. The lowest BCUT2D eigenvalue weighted by Crippen LogP contribution is -2.30. The molecule has 1 saturated carbocycles. The first-order chi connectivity index (χ1) is 9.15. The van der Waals surface area contributed by atoms with Crippen LogP contribution < -0.4 is 5.32 Å². The zero-order chi connectivity index (χ0) is 13.8. The van der Waals surface area contributed by atoms with Crippen molar-refractivity contribution in [1.29, 1.82) is 0 Å². The monoisotopic (exact) mass is 263 g/mol. The van der Waals surface area contributed by atoms with Crippen LogP contribution in [0.3, 0.4) is 0 Å². The molecule has 19 heavy (non-hydrogen) atoms. The van der Waals surface area contributed by atoms with Crippen LogP contribution in [-0.4, -0.2) is 13.6 Å². The first-order valence-electron chi connectivity index (χ1n) is 7.56. The quantitative estimate of drug-likeness (QED) is 0.855. The van der Waals surface area contributed by atoms with E-state index < -0.39 is 0 Å². The molecule has 0 bridgehead atoms. The third-order valence-electron chi connectivity index (χ3n) is 4.78. The Morgan fingerprint density at radius 2 is 2.11 bits per heavy atom. The summed E-state index contributed by atoms with van der Waals surface area (Å²) in [6.07, 6.45) is 5.17. The van der Waals surface area contributed by atoms with Gasteiger partial charge in [0.15, 0.2) is 0 Å². The Balaban J connectivity index is 2.25. The van der Waals surface area contributed by atoms with Gasteiger partial charge in [-0.25, -0.2) is 4.39 Å². The molecule has 0 heterocycles. The molecule has 1 N–H and O–H groups in total. The Labute approximate surface area is 116 Å². The van der Waals surface area contributed by atoms with E-state index in [1.165, 1.54) is 31.2 Å². The van der Waals surface area contributed by atoms with Crippen LogP contribution in [0.25, 0.3) is 0 Å². The highest BCUT2D eigenvalue weighted by atomic mass is 19.1. The summed E-state index contributed by atoms with van der Waals surface area (Å²) in [6.45, 7) is 5.40. The van der Waals surface area contributed by atoms with Gasteiger partial charge >= 0.3 is 0 Å². The minimum absolute atomic E-state index is 0.116. The zero-order valence-electron chi connectivity index (χ0n) is 12.4. The van der Waals surface area contributed by atoms with Gasteiger partial charge < -0.3 is 5.32 Å². The van der Waals surface area contributed by atoms with Gasteiger partial charge in [-0.1, -0.05) is 25.8 Å². The summed E-state index contributed by atoms with van der Waals surface area (Å²) in [5.41, 5.74) is 2.47. The Kier molecular flexibility index (Phi) is 4.98. The summed E-state index contributed by atoms with van der Waals surface area (Å²) in [4.78, 5) is 0. The van der Waals surface area contributed by atoms with Crippen LogP contribution in [0.4, 0.5) is 4.39 Å². The average Bonchev–Trinajstić information content (AvgIpc) is 2.40. The molecule has 1 aliphatic carbocycles. The molecule has 0 saturated heterocycles. The predicted molar refractivity (Wildman–Crippen MR) is 78.9 cm³/mol. The van der Waals surface area contributed by atoms with Crippen molar-refractivity contribution in [3.05, 3.63) is 35.1 Å². The van der Waals surface area contributed by atoms with Gasteiger partial charge in [-0.3, -0.25) is 0 Å². The standard InChI is InChI=1S/C17H26FN/c1-4-13-5-6-14(11-19-3)17(10-13)16-8-7-15(18)9-12(16)2/h7-9,13-14,17,19H,4-6,10-11H2,1-3H3. The van der Waals surface area contributed by atoms with Gasteiger partial charge in [-0.05, 0) is 74.4 Å². The van der Waals surface area contributed by atoms with Crippen molar-refractivity contribution in [3.8, 4) is 0 Å². The molecule has 0 radical (unpaired) electrons. The van der Waals surface area contributed by atoms with Gasteiger partial charge in [0.25, 0.3) is 0 Å². The topological polar surface area (TPSA) is 12.0 Å². The number of halogens is 1. The van der Waals surface area contributed by atoms with E-state index >= 15 is 0 Å². The molecule has 1 aliphatic rings. The van der Waals surface area contributed by atoms with Crippen LogP contribution in [0, 0.1) is 24.6 Å². The van der Waals surface area contributed by atoms with E-state index in [9.17, 15) is 4.39 Å². The molecule has 1 aromatic carbocycles. The number of hydrogen-bond acceptors (Lipinski definition) is 1. The van der Waals surface area contributed by atoms with E-state index in [0.717, 1.165) is 18.0 Å². The molecule has 1 aromatic rings. The molecule has 0 spiro atoms. The smallest absolute Gasteiger partial charge is 0.123 e. The molecule has 3 unspecified atom stereocenters. The highest BCUT2D eigenvalue weighted by molar-refractivity contribution is 5.31. The van der Waals surface area contributed by atoms with Gasteiger partial charge in [-0.2, -0.15) is 0 Å². The van der Waals surface area contributed by atoms with Crippen molar-refractivity contribution in [2.45, 2.75) is 45.4 Å². The third kappa shape index (κ3) is 3.36. The molecular formula is C17H26FN. The SMILES string of the molecule is CCC1CCC(CNC)C(c2ccc(F)cc2C)C1. The van der Waals surface area contributed by atoms with Crippen LogP contribution in [0.2, 0.25) is 0 Å². The largest absolute Gasteiger partial charge is 0.319 e. The first kappa shape index (κ1) is 14.5. The van der Waals surface area contributed by atoms with Crippen molar-refractivity contribution in [1.82, 2.24) is 5.32 Å². The van der Waals surface area contributed by atoms with Crippen molar-refractivity contribution in [3.63, 3.8) is 0 Å². The minimum Gasteiger partial charge on any atom is -0.319 e.